The molecule has 0 saturated carbocycles. The molecule has 1 rings (SSSR count). The Kier molecular flexibility index (Phi) is 4.76. The fraction of sp³-hybridized carbons (Fsp3) is 0.533. The highest BCUT2D eigenvalue weighted by molar-refractivity contribution is 5.69. The summed E-state index contributed by atoms with van der Waals surface area (Å²) in [4.78, 5) is 12.9. The van der Waals surface area contributed by atoms with Gasteiger partial charge in [-0.15, -0.1) is 0 Å². The lowest BCUT2D eigenvalue weighted by Gasteiger charge is -2.24. The van der Waals surface area contributed by atoms with E-state index in [9.17, 15) is 4.79 Å². The lowest BCUT2D eigenvalue weighted by Crippen LogP contribution is -2.23. The maximum atomic E-state index is 10.8. The number of carboxylic acid groups (broad SMARTS) is 1. The Morgan fingerprint density at radius 1 is 1.28 bits per heavy atom. The van der Waals surface area contributed by atoms with Crippen molar-refractivity contribution in [3.05, 3.63) is 28.8 Å². The lowest BCUT2D eigenvalue weighted by atomic mass is 10.0. The van der Waals surface area contributed by atoms with E-state index < -0.39 is 5.97 Å². The molecular weight excluding hydrogens is 226 g/mol. The first-order valence-corrected chi connectivity index (χ1v) is 6.35. The summed E-state index contributed by atoms with van der Waals surface area (Å²) >= 11 is 0. The van der Waals surface area contributed by atoms with E-state index in [2.05, 4.69) is 37.8 Å². The minimum absolute atomic E-state index is 0.292. The van der Waals surface area contributed by atoms with Gasteiger partial charge in [-0.3, -0.25) is 4.79 Å². The number of hydrogen-bond acceptors (Lipinski definition) is 2. The fourth-order valence-corrected chi connectivity index (χ4v) is 1.99. The molecule has 0 bridgehead atoms. The average Bonchev–Trinajstić information content (AvgIpc) is 2.32. The lowest BCUT2D eigenvalue weighted by molar-refractivity contribution is -0.141. The largest absolute Gasteiger partial charge is 0.481 e. The summed E-state index contributed by atoms with van der Waals surface area (Å²) in [7, 11) is 2.02. The summed E-state index contributed by atoms with van der Waals surface area (Å²) in [6, 6.07) is 4.23. The SMILES string of the molecule is Cc1ccc(N(C)CCC(C)C(=O)O)c(C)c1C. The van der Waals surface area contributed by atoms with E-state index in [0.717, 1.165) is 6.54 Å². The molecule has 18 heavy (non-hydrogen) atoms. The molecule has 0 amide bonds. The van der Waals surface area contributed by atoms with Gasteiger partial charge in [0.05, 0.1) is 5.92 Å². The van der Waals surface area contributed by atoms with Gasteiger partial charge in [0.25, 0.3) is 0 Å². The third-order valence-electron chi connectivity index (χ3n) is 3.76. The second-order valence-corrected chi connectivity index (χ2v) is 5.10. The van der Waals surface area contributed by atoms with E-state index in [4.69, 9.17) is 5.11 Å². The molecule has 0 aliphatic carbocycles. The van der Waals surface area contributed by atoms with E-state index >= 15 is 0 Å². The molecule has 1 unspecified atom stereocenters. The van der Waals surface area contributed by atoms with Gasteiger partial charge in [0, 0.05) is 19.3 Å². The van der Waals surface area contributed by atoms with Gasteiger partial charge in [-0.05, 0) is 49.9 Å². The Balaban J connectivity index is 2.76. The summed E-state index contributed by atoms with van der Waals surface area (Å²) < 4.78 is 0. The van der Waals surface area contributed by atoms with E-state index in [1.165, 1.54) is 22.4 Å². The Hall–Kier alpha value is -1.51. The van der Waals surface area contributed by atoms with Crippen LogP contribution in [0.5, 0.6) is 0 Å². The molecule has 1 atom stereocenters. The summed E-state index contributed by atoms with van der Waals surface area (Å²) in [6.07, 6.45) is 0.665. The number of benzene rings is 1. The molecule has 3 heteroatoms. The third kappa shape index (κ3) is 3.25. The average molecular weight is 249 g/mol. The van der Waals surface area contributed by atoms with Crippen molar-refractivity contribution in [2.24, 2.45) is 5.92 Å². The molecule has 1 N–H and O–H groups in total. The highest BCUT2D eigenvalue weighted by atomic mass is 16.4. The maximum absolute atomic E-state index is 10.8. The summed E-state index contributed by atoms with van der Waals surface area (Å²) in [6.45, 7) is 8.87. The van der Waals surface area contributed by atoms with Crippen molar-refractivity contribution in [1.82, 2.24) is 0 Å². The molecular formula is C15H23NO2. The van der Waals surface area contributed by atoms with Crippen LogP contribution in [-0.2, 0) is 4.79 Å². The van der Waals surface area contributed by atoms with Crippen molar-refractivity contribution < 1.29 is 9.90 Å². The van der Waals surface area contributed by atoms with Crippen LogP contribution in [0.25, 0.3) is 0 Å². The number of carboxylic acids is 1. The number of anilines is 1. The number of aryl methyl sites for hydroxylation is 1. The molecule has 0 saturated heterocycles. The smallest absolute Gasteiger partial charge is 0.306 e. The van der Waals surface area contributed by atoms with Crippen LogP contribution in [0.3, 0.4) is 0 Å². The van der Waals surface area contributed by atoms with E-state index in [-0.39, 0.29) is 5.92 Å². The van der Waals surface area contributed by atoms with Crippen LogP contribution in [0.2, 0.25) is 0 Å². The number of rotatable bonds is 5. The van der Waals surface area contributed by atoms with Gasteiger partial charge in [-0.2, -0.15) is 0 Å². The molecule has 0 fully saturated rings. The Bertz CT molecular complexity index is 440. The normalized spacial score (nSPS) is 12.3. The number of hydrogen-bond donors (Lipinski definition) is 1. The topological polar surface area (TPSA) is 40.5 Å². The Morgan fingerprint density at radius 3 is 2.44 bits per heavy atom. The molecule has 0 aromatic heterocycles. The molecule has 0 spiro atoms. The van der Waals surface area contributed by atoms with Crippen LogP contribution >= 0.6 is 0 Å². The van der Waals surface area contributed by atoms with E-state index in [1.54, 1.807) is 6.92 Å². The van der Waals surface area contributed by atoms with Crippen LogP contribution in [0, 0.1) is 26.7 Å². The van der Waals surface area contributed by atoms with E-state index in [0.29, 0.717) is 6.42 Å². The van der Waals surface area contributed by atoms with Gasteiger partial charge in [-0.25, -0.2) is 0 Å². The fourth-order valence-electron chi connectivity index (χ4n) is 1.99. The molecule has 1 aromatic rings. The standard InChI is InChI=1S/C15H23NO2/c1-10-6-7-14(13(4)12(10)3)16(5)9-8-11(2)15(17)18/h6-7,11H,8-9H2,1-5H3,(H,17,18). The maximum Gasteiger partial charge on any atom is 0.306 e. The summed E-state index contributed by atoms with van der Waals surface area (Å²) in [5.74, 6) is -1.01. The third-order valence-corrected chi connectivity index (χ3v) is 3.76. The first-order valence-electron chi connectivity index (χ1n) is 6.35. The molecule has 0 heterocycles. The van der Waals surface area contributed by atoms with Gasteiger partial charge in [0.2, 0.25) is 0 Å². The van der Waals surface area contributed by atoms with Crippen molar-refractivity contribution >= 4 is 11.7 Å². The summed E-state index contributed by atoms with van der Waals surface area (Å²) in [5.41, 5.74) is 5.07. The zero-order valence-corrected chi connectivity index (χ0v) is 11.9. The molecule has 100 valence electrons. The number of nitrogens with zero attached hydrogens (tertiary/aromatic N) is 1. The van der Waals surface area contributed by atoms with Crippen molar-refractivity contribution in [3.63, 3.8) is 0 Å². The quantitative estimate of drug-likeness (QED) is 0.871. The predicted molar refractivity (Wildman–Crippen MR) is 75.3 cm³/mol. The number of aliphatic carboxylic acids is 1. The summed E-state index contributed by atoms with van der Waals surface area (Å²) in [5, 5.41) is 8.88. The van der Waals surface area contributed by atoms with Crippen LogP contribution < -0.4 is 4.90 Å². The highest BCUT2D eigenvalue weighted by Crippen LogP contribution is 2.24. The van der Waals surface area contributed by atoms with E-state index in [1.807, 2.05) is 7.05 Å². The predicted octanol–water partition coefficient (Wildman–Crippen LogP) is 3.16. The van der Waals surface area contributed by atoms with Gasteiger partial charge in [-0.1, -0.05) is 13.0 Å². The minimum atomic E-state index is -0.722. The van der Waals surface area contributed by atoms with Crippen LogP contribution in [0.15, 0.2) is 12.1 Å². The van der Waals surface area contributed by atoms with Crippen molar-refractivity contribution in [3.8, 4) is 0 Å². The van der Waals surface area contributed by atoms with Crippen molar-refractivity contribution in [2.75, 3.05) is 18.5 Å². The minimum Gasteiger partial charge on any atom is -0.481 e. The second kappa shape index (κ2) is 5.89. The van der Waals surface area contributed by atoms with Gasteiger partial charge >= 0.3 is 5.97 Å². The molecule has 0 aliphatic rings. The molecule has 0 aliphatic heterocycles. The van der Waals surface area contributed by atoms with Gasteiger partial charge in [0.15, 0.2) is 0 Å². The Morgan fingerprint density at radius 2 is 1.89 bits per heavy atom. The van der Waals surface area contributed by atoms with Crippen LogP contribution in [0.4, 0.5) is 5.69 Å². The molecule has 1 aromatic carbocycles. The molecule has 0 radical (unpaired) electrons. The van der Waals surface area contributed by atoms with Crippen LogP contribution in [-0.4, -0.2) is 24.7 Å². The second-order valence-electron chi connectivity index (χ2n) is 5.10. The highest BCUT2D eigenvalue weighted by Gasteiger charge is 2.13. The number of carbonyl (C=O) groups is 1. The first kappa shape index (κ1) is 14.6. The zero-order chi connectivity index (χ0) is 13.9. The Labute approximate surface area is 109 Å². The van der Waals surface area contributed by atoms with Crippen molar-refractivity contribution in [2.45, 2.75) is 34.1 Å². The van der Waals surface area contributed by atoms with Crippen LogP contribution in [0.1, 0.15) is 30.0 Å². The van der Waals surface area contributed by atoms with Crippen molar-refractivity contribution in [1.29, 1.82) is 0 Å². The van der Waals surface area contributed by atoms with Gasteiger partial charge in [0.1, 0.15) is 0 Å². The van der Waals surface area contributed by atoms with Gasteiger partial charge < -0.3 is 10.0 Å². The molecule has 3 nitrogen and oxygen atoms in total. The zero-order valence-electron chi connectivity index (χ0n) is 11.9. The first-order chi connectivity index (χ1) is 8.34. The monoisotopic (exact) mass is 249 g/mol.